The van der Waals surface area contributed by atoms with Gasteiger partial charge in [-0.3, -0.25) is 0 Å². The van der Waals surface area contributed by atoms with Crippen molar-refractivity contribution >= 4 is 17.1 Å². The summed E-state index contributed by atoms with van der Waals surface area (Å²) in [4.78, 5) is 1.17. The van der Waals surface area contributed by atoms with Crippen LogP contribution in [0.25, 0.3) is 0 Å². The molecule has 0 radical (unpaired) electrons. The van der Waals surface area contributed by atoms with E-state index in [1.165, 1.54) is 43.4 Å². The Bertz CT molecular complexity index is 250. The molecule has 1 rings (SSSR count). The minimum absolute atomic E-state index is 0.809. The van der Waals surface area contributed by atoms with E-state index < -0.39 is 0 Å². The summed E-state index contributed by atoms with van der Waals surface area (Å²) in [5.41, 5.74) is 3.30. The molecule has 15 heavy (non-hydrogen) atoms. The highest BCUT2D eigenvalue weighted by Gasteiger charge is 2.15. The van der Waals surface area contributed by atoms with Gasteiger partial charge in [0, 0.05) is 0 Å². The molecule has 0 bridgehead atoms. The maximum absolute atomic E-state index is 5.18. The molecule has 1 atom stereocenters. The molecule has 0 aromatic carbocycles. The van der Waals surface area contributed by atoms with Crippen LogP contribution in [0.2, 0.25) is 0 Å². The van der Waals surface area contributed by atoms with Gasteiger partial charge in [-0.1, -0.05) is 36.2 Å². The van der Waals surface area contributed by atoms with E-state index in [-0.39, 0.29) is 0 Å². The summed E-state index contributed by atoms with van der Waals surface area (Å²) in [6, 6.07) is 0. The van der Waals surface area contributed by atoms with E-state index in [0.717, 1.165) is 12.3 Å². The van der Waals surface area contributed by atoms with Gasteiger partial charge >= 0.3 is 0 Å². The summed E-state index contributed by atoms with van der Waals surface area (Å²) in [7, 11) is 0. The maximum Gasteiger partial charge on any atom is -0.0102 e. The molecule has 0 heterocycles. The molecule has 0 aliphatic heterocycles. The third kappa shape index (κ3) is 4.46. The van der Waals surface area contributed by atoms with Crippen molar-refractivity contribution in [3.8, 4) is 0 Å². The molecular formula is C14H24S. The molecule has 1 unspecified atom stereocenters. The molecule has 1 aliphatic rings. The molecule has 0 spiro atoms. The van der Waals surface area contributed by atoms with Crippen LogP contribution >= 0.6 is 12.2 Å². The molecular weight excluding hydrogens is 200 g/mol. The Kier molecular flexibility index (Phi) is 5.52. The largest absolute Gasteiger partial charge is 0.0900 e. The highest BCUT2D eigenvalue weighted by molar-refractivity contribution is 7.80. The minimum Gasteiger partial charge on any atom is -0.0900 e. The summed E-state index contributed by atoms with van der Waals surface area (Å²) < 4.78 is 0. The number of thiocarbonyl (C=S) groups is 1. The van der Waals surface area contributed by atoms with E-state index >= 15 is 0 Å². The van der Waals surface area contributed by atoms with E-state index in [0.29, 0.717) is 0 Å². The quantitative estimate of drug-likeness (QED) is 0.476. The van der Waals surface area contributed by atoms with E-state index in [4.69, 9.17) is 12.2 Å². The Morgan fingerprint density at radius 1 is 1.27 bits per heavy atom. The Morgan fingerprint density at radius 2 is 2.00 bits per heavy atom. The lowest BCUT2D eigenvalue weighted by atomic mass is 9.83. The molecule has 0 amide bonds. The van der Waals surface area contributed by atoms with Gasteiger partial charge in [0.05, 0.1) is 0 Å². The smallest absolute Gasteiger partial charge is 0.0102 e. The molecule has 0 saturated carbocycles. The van der Waals surface area contributed by atoms with Gasteiger partial charge in [0.2, 0.25) is 0 Å². The van der Waals surface area contributed by atoms with Crippen LogP contribution in [0.3, 0.4) is 0 Å². The fourth-order valence-electron chi connectivity index (χ4n) is 2.46. The van der Waals surface area contributed by atoms with Crippen molar-refractivity contribution in [2.45, 2.75) is 65.7 Å². The summed E-state index contributed by atoms with van der Waals surface area (Å²) in [5, 5.41) is 0. The Morgan fingerprint density at radius 3 is 2.67 bits per heavy atom. The van der Waals surface area contributed by atoms with Crippen molar-refractivity contribution in [3.63, 3.8) is 0 Å². The van der Waals surface area contributed by atoms with Gasteiger partial charge < -0.3 is 0 Å². The normalized spacial score (nSPS) is 23.5. The van der Waals surface area contributed by atoms with Crippen molar-refractivity contribution in [1.29, 1.82) is 0 Å². The van der Waals surface area contributed by atoms with Gasteiger partial charge in [-0.25, -0.2) is 0 Å². The highest BCUT2D eigenvalue weighted by atomic mass is 32.1. The molecule has 1 heteroatoms. The molecule has 0 aromatic rings. The second kappa shape index (κ2) is 6.42. The first-order chi connectivity index (χ1) is 7.11. The van der Waals surface area contributed by atoms with Crippen LogP contribution < -0.4 is 0 Å². The lowest BCUT2D eigenvalue weighted by Gasteiger charge is -2.23. The summed E-state index contributed by atoms with van der Waals surface area (Å²) >= 11 is 5.18. The topological polar surface area (TPSA) is 0 Å². The lowest BCUT2D eigenvalue weighted by molar-refractivity contribution is 0.469. The first-order valence-electron chi connectivity index (χ1n) is 6.27. The molecule has 0 nitrogen and oxygen atoms in total. The van der Waals surface area contributed by atoms with Crippen LogP contribution in [0, 0.1) is 5.92 Å². The highest BCUT2D eigenvalue weighted by Crippen LogP contribution is 2.30. The van der Waals surface area contributed by atoms with E-state index in [1.807, 2.05) is 0 Å². The second-order valence-corrected chi connectivity index (χ2v) is 5.70. The standard InChI is InChI=1S/C14H24S/c1-11-7-5-4-6-8-14(13(11)3)10-9-12(2)15/h14H,4-10H2,1-3H3. The van der Waals surface area contributed by atoms with Gasteiger partial charge in [-0.15, -0.1) is 0 Å². The van der Waals surface area contributed by atoms with Gasteiger partial charge in [-0.2, -0.15) is 0 Å². The first-order valence-corrected chi connectivity index (χ1v) is 6.67. The fourth-order valence-corrected chi connectivity index (χ4v) is 2.58. The molecule has 86 valence electrons. The van der Waals surface area contributed by atoms with Crippen molar-refractivity contribution in [1.82, 2.24) is 0 Å². The lowest BCUT2D eigenvalue weighted by Crippen LogP contribution is -2.08. The Balaban J connectivity index is 2.60. The van der Waals surface area contributed by atoms with Crippen LogP contribution in [0.1, 0.15) is 65.7 Å². The van der Waals surface area contributed by atoms with Gasteiger partial charge in [0.1, 0.15) is 0 Å². The monoisotopic (exact) mass is 224 g/mol. The zero-order valence-corrected chi connectivity index (χ0v) is 11.3. The third-order valence-electron chi connectivity index (χ3n) is 3.73. The maximum atomic E-state index is 5.18. The average Bonchev–Trinajstić information content (AvgIpc) is 2.18. The van der Waals surface area contributed by atoms with Crippen LogP contribution in [0.15, 0.2) is 11.1 Å². The fraction of sp³-hybridized carbons (Fsp3) is 0.786. The summed E-state index contributed by atoms with van der Waals surface area (Å²) in [6.45, 7) is 6.73. The zero-order chi connectivity index (χ0) is 11.3. The molecule has 0 saturated heterocycles. The predicted molar refractivity (Wildman–Crippen MR) is 72.5 cm³/mol. The molecule has 0 fully saturated rings. The van der Waals surface area contributed by atoms with Crippen molar-refractivity contribution < 1.29 is 0 Å². The number of hydrogen-bond donors (Lipinski definition) is 0. The summed E-state index contributed by atoms with van der Waals surface area (Å²) in [6.07, 6.45) is 9.32. The van der Waals surface area contributed by atoms with Crippen molar-refractivity contribution in [2.75, 3.05) is 0 Å². The number of rotatable bonds is 3. The molecule has 1 aliphatic carbocycles. The van der Waals surface area contributed by atoms with E-state index in [9.17, 15) is 0 Å². The minimum atomic E-state index is 0.809. The Hall–Kier alpha value is -0.170. The number of hydrogen-bond acceptors (Lipinski definition) is 1. The van der Waals surface area contributed by atoms with Crippen LogP contribution in [-0.2, 0) is 0 Å². The van der Waals surface area contributed by atoms with Crippen molar-refractivity contribution in [2.24, 2.45) is 5.92 Å². The average molecular weight is 224 g/mol. The van der Waals surface area contributed by atoms with Crippen LogP contribution in [0.4, 0.5) is 0 Å². The number of allylic oxidation sites excluding steroid dienone is 2. The van der Waals surface area contributed by atoms with Gasteiger partial charge in [0.25, 0.3) is 0 Å². The molecule has 0 N–H and O–H groups in total. The van der Waals surface area contributed by atoms with Crippen LogP contribution in [0.5, 0.6) is 0 Å². The zero-order valence-electron chi connectivity index (χ0n) is 10.4. The predicted octanol–water partition coefficient (Wildman–Crippen LogP) is 5.07. The van der Waals surface area contributed by atoms with E-state index in [1.54, 1.807) is 11.1 Å². The van der Waals surface area contributed by atoms with E-state index in [2.05, 4.69) is 20.8 Å². The molecule has 0 aromatic heterocycles. The first kappa shape index (κ1) is 12.9. The summed E-state index contributed by atoms with van der Waals surface area (Å²) in [5.74, 6) is 0.809. The van der Waals surface area contributed by atoms with Gasteiger partial charge in [-0.05, 0) is 63.7 Å². The SMILES string of the molecule is CC(=S)CCC1CCCCCC(C)=C1C. The third-order valence-corrected chi connectivity index (χ3v) is 3.94. The van der Waals surface area contributed by atoms with Gasteiger partial charge in [0.15, 0.2) is 0 Å². The van der Waals surface area contributed by atoms with Crippen molar-refractivity contribution in [3.05, 3.63) is 11.1 Å². The Labute approximate surface area is 100 Å². The second-order valence-electron chi connectivity index (χ2n) is 5.00. The van der Waals surface area contributed by atoms with Crippen LogP contribution in [-0.4, -0.2) is 4.86 Å².